The first-order chi connectivity index (χ1) is 12.5. The zero-order valence-corrected chi connectivity index (χ0v) is 14.8. The minimum Gasteiger partial charge on any atom is -0.497 e. The molecule has 0 aliphatic carbocycles. The van der Waals surface area contributed by atoms with E-state index in [1.165, 1.54) is 6.07 Å². The highest BCUT2D eigenvalue weighted by molar-refractivity contribution is 5.65. The SMILES string of the molecule is COc1cc(OC)cc(C2CCN(c3cc(CO)ccc3[N+](=O)[O-])C2)c1. The maximum atomic E-state index is 11.4. The van der Waals surface area contributed by atoms with Crippen LogP contribution >= 0.6 is 0 Å². The number of nitrogens with zero attached hydrogens (tertiary/aromatic N) is 2. The molecule has 1 N–H and O–H groups in total. The van der Waals surface area contributed by atoms with Crippen molar-refractivity contribution in [2.45, 2.75) is 18.9 Å². The van der Waals surface area contributed by atoms with E-state index in [2.05, 4.69) is 0 Å². The van der Waals surface area contributed by atoms with Gasteiger partial charge in [-0.3, -0.25) is 10.1 Å². The number of aliphatic hydroxyl groups is 1. The monoisotopic (exact) mass is 358 g/mol. The first-order valence-corrected chi connectivity index (χ1v) is 8.41. The number of anilines is 1. The van der Waals surface area contributed by atoms with E-state index in [4.69, 9.17) is 9.47 Å². The molecule has 1 unspecified atom stereocenters. The maximum Gasteiger partial charge on any atom is 0.292 e. The molecular formula is C19H22N2O5. The predicted octanol–water partition coefficient (Wildman–Crippen LogP) is 3.10. The summed E-state index contributed by atoms with van der Waals surface area (Å²) in [7, 11) is 3.23. The summed E-state index contributed by atoms with van der Waals surface area (Å²) in [6.45, 7) is 1.22. The van der Waals surface area contributed by atoms with Crippen molar-refractivity contribution in [2.75, 3.05) is 32.2 Å². The molecule has 1 aliphatic rings. The third kappa shape index (κ3) is 3.57. The summed E-state index contributed by atoms with van der Waals surface area (Å²) in [5.74, 6) is 1.67. The molecule has 2 aromatic rings. The lowest BCUT2D eigenvalue weighted by atomic mass is 9.98. The number of hydrogen-bond donors (Lipinski definition) is 1. The van der Waals surface area contributed by atoms with E-state index < -0.39 is 0 Å². The number of methoxy groups -OCH3 is 2. The lowest BCUT2D eigenvalue weighted by Crippen LogP contribution is -2.20. The van der Waals surface area contributed by atoms with Crippen LogP contribution in [0.5, 0.6) is 11.5 Å². The molecule has 1 heterocycles. The highest BCUT2D eigenvalue weighted by Crippen LogP contribution is 2.38. The van der Waals surface area contributed by atoms with Crippen LogP contribution in [0.4, 0.5) is 11.4 Å². The second-order valence-electron chi connectivity index (χ2n) is 6.32. The van der Waals surface area contributed by atoms with E-state index in [0.29, 0.717) is 24.3 Å². The summed E-state index contributed by atoms with van der Waals surface area (Å²) in [6.07, 6.45) is 0.872. The van der Waals surface area contributed by atoms with Gasteiger partial charge in [0, 0.05) is 31.1 Å². The Bertz CT molecular complexity index is 786. The second-order valence-corrected chi connectivity index (χ2v) is 6.32. The lowest BCUT2D eigenvalue weighted by molar-refractivity contribution is -0.384. The Labute approximate surface area is 151 Å². The van der Waals surface area contributed by atoms with Crippen molar-refractivity contribution in [2.24, 2.45) is 0 Å². The van der Waals surface area contributed by atoms with Crippen molar-refractivity contribution >= 4 is 11.4 Å². The Balaban J connectivity index is 1.88. The molecule has 0 aromatic heterocycles. The summed E-state index contributed by atoms with van der Waals surface area (Å²) < 4.78 is 10.7. The van der Waals surface area contributed by atoms with Crippen LogP contribution in [-0.4, -0.2) is 37.3 Å². The van der Waals surface area contributed by atoms with Crippen molar-refractivity contribution in [3.8, 4) is 11.5 Å². The van der Waals surface area contributed by atoms with Gasteiger partial charge in [-0.05, 0) is 41.8 Å². The molecule has 0 bridgehead atoms. The molecule has 138 valence electrons. The average Bonchev–Trinajstić information content (AvgIpc) is 3.17. The van der Waals surface area contributed by atoms with Gasteiger partial charge in [-0.2, -0.15) is 0 Å². The third-order valence-corrected chi connectivity index (χ3v) is 4.79. The van der Waals surface area contributed by atoms with Crippen molar-refractivity contribution in [1.82, 2.24) is 0 Å². The molecule has 0 saturated carbocycles. The van der Waals surface area contributed by atoms with Crippen molar-refractivity contribution < 1.29 is 19.5 Å². The summed E-state index contributed by atoms with van der Waals surface area (Å²) >= 11 is 0. The molecule has 1 aliphatic heterocycles. The lowest BCUT2D eigenvalue weighted by Gasteiger charge is -2.20. The second kappa shape index (κ2) is 7.61. The standard InChI is InChI=1S/C19H22N2O5/c1-25-16-8-15(9-17(10-16)26-2)14-5-6-20(11-14)19-7-13(12-22)3-4-18(19)21(23)24/h3-4,7-10,14,22H,5-6,11-12H2,1-2H3. The topological polar surface area (TPSA) is 85.1 Å². The largest absolute Gasteiger partial charge is 0.497 e. The van der Waals surface area contributed by atoms with E-state index >= 15 is 0 Å². The van der Waals surface area contributed by atoms with Crippen LogP contribution in [0, 0.1) is 10.1 Å². The van der Waals surface area contributed by atoms with Gasteiger partial charge in [-0.1, -0.05) is 0 Å². The number of nitro benzene ring substituents is 1. The third-order valence-electron chi connectivity index (χ3n) is 4.79. The zero-order valence-electron chi connectivity index (χ0n) is 14.8. The fourth-order valence-electron chi connectivity index (χ4n) is 3.39. The molecule has 0 amide bonds. The van der Waals surface area contributed by atoms with Gasteiger partial charge in [0.05, 0.1) is 25.7 Å². The Hall–Kier alpha value is -2.80. The van der Waals surface area contributed by atoms with Crippen LogP contribution in [0.3, 0.4) is 0 Å². The summed E-state index contributed by atoms with van der Waals surface area (Å²) in [5, 5.41) is 20.7. The maximum absolute atomic E-state index is 11.4. The molecule has 1 atom stereocenters. The van der Waals surface area contributed by atoms with Gasteiger partial charge in [0.25, 0.3) is 5.69 Å². The average molecular weight is 358 g/mol. The molecule has 2 aromatic carbocycles. The quantitative estimate of drug-likeness (QED) is 0.631. The number of nitro groups is 1. The van der Waals surface area contributed by atoms with Crippen LogP contribution in [0.1, 0.15) is 23.5 Å². The molecule has 0 radical (unpaired) electrons. The molecule has 7 nitrogen and oxygen atoms in total. The minimum absolute atomic E-state index is 0.0612. The fraction of sp³-hybridized carbons (Fsp3) is 0.368. The van der Waals surface area contributed by atoms with Crippen LogP contribution in [0.25, 0.3) is 0 Å². The van der Waals surface area contributed by atoms with Crippen LogP contribution in [0.2, 0.25) is 0 Å². The molecule has 0 spiro atoms. The normalized spacial score (nSPS) is 16.6. The van der Waals surface area contributed by atoms with Gasteiger partial charge in [0.15, 0.2) is 0 Å². The Morgan fingerprint density at radius 1 is 1.19 bits per heavy atom. The van der Waals surface area contributed by atoms with Crippen LogP contribution < -0.4 is 14.4 Å². The molecule has 1 saturated heterocycles. The van der Waals surface area contributed by atoms with Gasteiger partial charge in [0.1, 0.15) is 17.2 Å². The van der Waals surface area contributed by atoms with Gasteiger partial charge in [-0.15, -0.1) is 0 Å². The molecule has 1 fully saturated rings. The predicted molar refractivity (Wildman–Crippen MR) is 98.1 cm³/mol. The van der Waals surface area contributed by atoms with E-state index in [0.717, 1.165) is 23.5 Å². The number of ether oxygens (including phenoxy) is 2. The van der Waals surface area contributed by atoms with Gasteiger partial charge >= 0.3 is 0 Å². The highest BCUT2D eigenvalue weighted by Gasteiger charge is 2.29. The Kier molecular flexibility index (Phi) is 5.27. The molecule has 7 heteroatoms. The first kappa shape index (κ1) is 18.0. The Morgan fingerprint density at radius 2 is 1.88 bits per heavy atom. The fourth-order valence-corrected chi connectivity index (χ4v) is 3.39. The number of hydrogen-bond acceptors (Lipinski definition) is 6. The van der Waals surface area contributed by atoms with E-state index in [1.54, 1.807) is 26.4 Å². The van der Waals surface area contributed by atoms with Crippen LogP contribution in [-0.2, 0) is 6.61 Å². The number of benzene rings is 2. The smallest absolute Gasteiger partial charge is 0.292 e. The molecular weight excluding hydrogens is 336 g/mol. The van der Waals surface area contributed by atoms with Gasteiger partial charge < -0.3 is 19.5 Å². The van der Waals surface area contributed by atoms with Gasteiger partial charge in [-0.25, -0.2) is 0 Å². The zero-order chi connectivity index (χ0) is 18.7. The Morgan fingerprint density at radius 3 is 2.46 bits per heavy atom. The van der Waals surface area contributed by atoms with Crippen molar-refractivity contribution in [1.29, 1.82) is 0 Å². The summed E-state index contributed by atoms with van der Waals surface area (Å²) in [6, 6.07) is 10.5. The van der Waals surface area contributed by atoms with Crippen molar-refractivity contribution in [3.63, 3.8) is 0 Å². The van der Waals surface area contributed by atoms with Crippen molar-refractivity contribution in [3.05, 3.63) is 57.6 Å². The summed E-state index contributed by atoms with van der Waals surface area (Å²) in [5.41, 5.74) is 2.37. The highest BCUT2D eigenvalue weighted by atomic mass is 16.6. The minimum atomic E-state index is -0.377. The van der Waals surface area contributed by atoms with Crippen LogP contribution in [0.15, 0.2) is 36.4 Å². The molecule has 26 heavy (non-hydrogen) atoms. The first-order valence-electron chi connectivity index (χ1n) is 8.41. The summed E-state index contributed by atoms with van der Waals surface area (Å²) in [4.78, 5) is 13.0. The number of rotatable bonds is 6. The van der Waals surface area contributed by atoms with E-state index in [1.807, 2.05) is 23.1 Å². The number of aliphatic hydroxyl groups excluding tert-OH is 1. The van der Waals surface area contributed by atoms with E-state index in [9.17, 15) is 15.2 Å². The van der Waals surface area contributed by atoms with E-state index in [-0.39, 0.29) is 23.1 Å². The van der Waals surface area contributed by atoms with Gasteiger partial charge in [0.2, 0.25) is 0 Å². The molecule has 3 rings (SSSR count).